The van der Waals surface area contributed by atoms with Crippen LogP contribution in [0.15, 0.2) is 36.8 Å². The van der Waals surface area contributed by atoms with E-state index in [1.54, 1.807) is 25.6 Å². The minimum absolute atomic E-state index is 0. The zero-order valence-corrected chi connectivity index (χ0v) is 21.3. The maximum Gasteiger partial charge on any atom is 1.00 e. The summed E-state index contributed by atoms with van der Waals surface area (Å²) in [5, 5.41) is 8.68. The van der Waals surface area contributed by atoms with Gasteiger partial charge in [-0.3, -0.25) is 9.78 Å². The number of rotatable bonds is 5. The fourth-order valence-corrected chi connectivity index (χ4v) is 3.01. The summed E-state index contributed by atoms with van der Waals surface area (Å²) in [6.07, 6.45) is 8.55. The van der Waals surface area contributed by atoms with Crippen LogP contribution < -0.4 is 62.4 Å². The Balaban J connectivity index is 0.000000272. The molecule has 3 aromatic rings. The summed E-state index contributed by atoms with van der Waals surface area (Å²) in [5.74, 6) is 2.09. The zero-order valence-electron chi connectivity index (χ0n) is 18.1. The monoisotopic (exact) mass is 430 g/mol. The number of nitrogens with two attached hydrogens (primary N) is 1. The van der Waals surface area contributed by atoms with Crippen molar-refractivity contribution >= 4 is 28.3 Å². The average molecular weight is 431 g/mol. The molecule has 1 aliphatic rings. The standard InChI is InChI=1S/C15H14N5.C7H13NO.K/c1-9-3-4-18-7-11(9)13-5-10-6-14(17-2)19-8-12(10)15(16)20-13;1-2-8-7(9)5-6-3-4-6;/h3-8H,1-2H3,(H2-,16,17,19,20);6H,2-5H2,1H3,(H,8,9);/q-1;;+1. The number of nitrogen functional groups attached to an aromatic ring is 1. The summed E-state index contributed by atoms with van der Waals surface area (Å²) < 4.78 is 0. The number of fused-ring (bicyclic) bond motifs is 1. The number of anilines is 1. The van der Waals surface area contributed by atoms with Crippen molar-refractivity contribution < 1.29 is 56.2 Å². The van der Waals surface area contributed by atoms with E-state index in [-0.39, 0.29) is 57.3 Å². The number of carbonyl (C=O) groups excluding carboxylic acids is 1. The van der Waals surface area contributed by atoms with Crippen LogP contribution >= 0.6 is 0 Å². The summed E-state index contributed by atoms with van der Waals surface area (Å²) in [6.45, 7) is 4.74. The Hall–Kier alpha value is -1.58. The molecule has 3 N–H and O–H groups in total. The van der Waals surface area contributed by atoms with E-state index in [0.29, 0.717) is 11.6 Å². The van der Waals surface area contributed by atoms with E-state index in [2.05, 4.69) is 25.6 Å². The SMILES string of the molecule is CCNC(=O)CC1CC1.C[N-]c1cc2cc(-c3cnccc3C)nc(N)c2cn1.[K+]. The molecule has 0 saturated heterocycles. The predicted octanol–water partition coefficient (Wildman–Crippen LogP) is 1.14. The molecule has 152 valence electrons. The number of aromatic nitrogens is 3. The van der Waals surface area contributed by atoms with Crippen LogP contribution in [0.4, 0.5) is 11.6 Å². The third kappa shape index (κ3) is 6.71. The molecule has 1 amide bonds. The van der Waals surface area contributed by atoms with E-state index in [4.69, 9.17) is 5.73 Å². The molecule has 1 fully saturated rings. The third-order valence-electron chi connectivity index (χ3n) is 4.82. The second-order valence-electron chi connectivity index (χ2n) is 7.17. The first kappa shape index (κ1) is 24.7. The molecule has 7 nitrogen and oxygen atoms in total. The van der Waals surface area contributed by atoms with Gasteiger partial charge in [0.1, 0.15) is 5.82 Å². The Morgan fingerprint density at radius 1 is 1.30 bits per heavy atom. The number of carbonyl (C=O) groups is 1. The average Bonchev–Trinajstić information content (AvgIpc) is 3.52. The molecular formula is C22H27KN6O. The van der Waals surface area contributed by atoms with Crippen molar-refractivity contribution in [1.82, 2.24) is 20.3 Å². The first-order chi connectivity index (χ1) is 14.0. The first-order valence-corrected chi connectivity index (χ1v) is 9.85. The minimum Gasteiger partial charge on any atom is -0.469 e. The maximum atomic E-state index is 10.8. The van der Waals surface area contributed by atoms with Crippen molar-refractivity contribution in [2.45, 2.75) is 33.1 Å². The van der Waals surface area contributed by atoms with E-state index in [0.717, 1.165) is 46.5 Å². The van der Waals surface area contributed by atoms with Gasteiger partial charge in [-0.1, -0.05) is 25.1 Å². The molecule has 0 radical (unpaired) electrons. The minimum atomic E-state index is 0. The quantitative estimate of drug-likeness (QED) is 0.590. The molecule has 30 heavy (non-hydrogen) atoms. The zero-order chi connectivity index (χ0) is 20.8. The molecule has 8 heteroatoms. The third-order valence-corrected chi connectivity index (χ3v) is 4.82. The molecule has 0 aliphatic heterocycles. The van der Waals surface area contributed by atoms with Gasteiger partial charge < -0.3 is 21.4 Å². The van der Waals surface area contributed by atoms with Crippen LogP contribution in [0, 0.1) is 12.8 Å². The summed E-state index contributed by atoms with van der Waals surface area (Å²) in [5.41, 5.74) is 8.94. The van der Waals surface area contributed by atoms with E-state index >= 15 is 0 Å². The van der Waals surface area contributed by atoms with Crippen LogP contribution in [0.25, 0.3) is 27.3 Å². The van der Waals surface area contributed by atoms with Crippen molar-refractivity contribution in [2.75, 3.05) is 19.3 Å². The van der Waals surface area contributed by atoms with E-state index in [9.17, 15) is 4.79 Å². The van der Waals surface area contributed by atoms with Gasteiger partial charge in [0.15, 0.2) is 0 Å². The van der Waals surface area contributed by atoms with Crippen LogP contribution in [0.3, 0.4) is 0 Å². The molecular weight excluding hydrogens is 403 g/mol. The van der Waals surface area contributed by atoms with Gasteiger partial charge in [0.05, 0.1) is 5.69 Å². The molecule has 4 rings (SSSR count). The van der Waals surface area contributed by atoms with Gasteiger partial charge >= 0.3 is 51.4 Å². The molecule has 0 aromatic carbocycles. The van der Waals surface area contributed by atoms with E-state index in [1.807, 2.05) is 32.0 Å². The topological polar surface area (TPSA) is 108 Å². The van der Waals surface area contributed by atoms with E-state index in [1.165, 1.54) is 12.8 Å². The van der Waals surface area contributed by atoms with Crippen molar-refractivity contribution in [3.8, 4) is 11.3 Å². The van der Waals surface area contributed by atoms with Crippen LogP contribution in [0.5, 0.6) is 0 Å². The van der Waals surface area contributed by atoms with Crippen molar-refractivity contribution in [3.63, 3.8) is 0 Å². The second-order valence-corrected chi connectivity index (χ2v) is 7.17. The Morgan fingerprint density at radius 2 is 2.07 bits per heavy atom. The molecule has 0 bridgehead atoms. The van der Waals surface area contributed by atoms with Gasteiger partial charge in [-0.25, -0.2) is 4.98 Å². The van der Waals surface area contributed by atoms with Gasteiger partial charge in [0.25, 0.3) is 0 Å². The smallest absolute Gasteiger partial charge is 0.469 e. The van der Waals surface area contributed by atoms with Crippen molar-refractivity contribution in [2.24, 2.45) is 5.92 Å². The number of nitrogens with zero attached hydrogens (tertiary/aromatic N) is 4. The Labute approximate surface area is 220 Å². The van der Waals surface area contributed by atoms with Gasteiger partial charge in [-0.2, -0.15) is 0 Å². The Morgan fingerprint density at radius 3 is 2.70 bits per heavy atom. The number of hydrogen-bond acceptors (Lipinski definition) is 5. The van der Waals surface area contributed by atoms with Crippen LogP contribution in [0.2, 0.25) is 0 Å². The molecule has 0 unspecified atom stereocenters. The largest absolute Gasteiger partial charge is 1.00 e. The van der Waals surface area contributed by atoms with Gasteiger partial charge in [0.2, 0.25) is 5.91 Å². The Bertz CT molecular complexity index is 1010. The van der Waals surface area contributed by atoms with Crippen molar-refractivity contribution in [1.29, 1.82) is 0 Å². The molecule has 1 saturated carbocycles. The fraction of sp³-hybridized carbons (Fsp3) is 0.364. The fourth-order valence-electron chi connectivity index (χ4n) is 3.01. The summed E-state index contributed by atoms with van der Waals surface area (Å²) in [7, 11) is 1.71. The van der Waals surface area contributed by atoms with Crippen molar-refractivity contribution in [3.05, 3.63) is 47.7 Å². The number of aryl methyl sites for hydroxylation is 1. The summed E-state index contributed by atoms with van der Waals surface area (Å²) >= 11 is 0. The van der Waals surface area contributed by atoms with Gasteiger partial charge in [-0.15, -0.1) is 0 Å². The Kier molecular flexibility index (Phi) is 9.64. The summed E-state index contributed by atoms with van der Waals surface area (Å²) in [4.78, 5) is 23.6. The molecule has 3 heterocycles. The molecule has 1 aliphatic carbocycles. The number of pyridine rings is 3. The second kappa shape index (κ2) is 11.7. The van der Waals surface area contributed by atoms with Crippen LogP contribution in [0.1, 0.15) is 31.7 Å². The molecule has 0 spiro atoms. The van der Waals surface area contributed by atoms with Gasteiger partial charge in [0, 0.05) is 36.3 Å². The number of nitrogens with one attached hydrogen (secondary N) is 1. The number of hydrogen-bond donors (Lipinski definition) is 2. The predicted molar refractivity (Wildman–Crippen MR) is 117 cm³/mol. The first-order valence-electron chi connectivity index (χ1n) is 9.85. The maximum absolute atomic E-state index is 10.8. The summed E-state index contributed by atoms with van der Waals surface area (Å²) in [6, 6.07) is 5.85. The molecule has 0 atom stereocenters. The van der Waals surface area contributed by atoms with E-state index < -0.39 is 0 Å². The van der Waals surface area contributed by atoms with Crippen LogP contribution in [-0.4, -0.2) is 34.5 Å². The van der Waals surface area contributed by atoms with Gasteiger partial charge in [-0.05, 0) is 55.7 Å². The number of amides is 1. The van der Waals surface area contributed by atoms with Crippen LogP contribution in [-0.2, 0) is 4.79 Å². The molecule has 3 aromatic heterocycles. The normalized spacial score (nSPS) is 12.4.